The number of sulfone groups is 2. The molecule has 13 heteroatoms. The highest BCUT2D eigenvalue weighted by atomic mass is 32.2. The van der Waals surface area contributed by atoms with Gasteiger partial charge in [0.25, 0.3) is 11.6 Å². The lowest BCUT2D eigenvalue weighted by atomic mass is 10.2. The van der Waals surface area contributed by atoms with Crippen LogP contribution in [0.1, 0.15) is 42.7 Å². The van der Waals surface area contributed by atoms with Gasteiger partial charge in [-0.2, -0.15) is 5.10 Å². The minimum Gasteiger partial charge on any atom is -0.310 e. The van der Waals surface area contributed by atoms with Crippen LogP contribution in [0.4, 0.5) is 5.69 Å². The number of nitro benzene ring substituents is 1. The standard InChI is InChI=1S/C22H24N4O7S2/c1-3-12-34(30,31)20-18-10-5-6-11-25(18)19(21(20)35(32,33)13-4-2)22(27)24-23-15-16-8-7-9-17(14-16)26(28)29/h5-11,14-15H,3-4,12-13H2,1-2H3,(H,24,27)/b23-15-. The Bertz CT molecular complexity index is 1520. The summed E-state index contributed by atoms with van der Waals surface area (Å²) < 4.78 is 54.0. The highest BCUT2D eigenvalue weighted by Crippen LogP contribution is 2.34. The van der Waals surface area contributed by atoms with Crippen molar-refractivity contribution < 1.29 is 26.6 Å². The molecule has 0 aliphatic rings. The molecule has 1 aromatic carbocycles. The lowest BCUT2D eigenvalue weighted by molar-refractivity contribution is -0.384. The highest BCUT2D eigenvalue weighted by molar-refractivity contribution is 7.94. The summed E-state index contributed by atoms with van der Waals surface area (Å²) in [5.74, 6) is -1.58. The monoisotopic (exact) mass is 520 g/mol. The number of benzene rings is 1. The number of pyridine rings is 1. The molecule has 0 atom stereocenters. The molecule has 0 aliphatic heterocycles. The SMILES string of the molecule is CCCS(=O)(=O)c1c(S(=O)(=O)CCC)c2ccccn2c1C(=O)N/N=C\c1cccc([N+](=O)[O-])c1. The predicted molar refractivity (Wildman–Crippen MR) is 130 cm³/mol. The zero-order chi connectivity index (χ0) is 25.8. The summed E-state index contributed by atoms with van der Waals surface area (Å²) in [5, 5.41) is 14.7. The van der Waals surface area contributed by atoms with Gasteiger partial charge in [-0.1, -0.05) is 32.0 Å². The Hall–Kier alpha value is -3.58. The van der Waals surface area contributed by atoms with E-state index < -0.39 is 40.3 Å². The van der Waals surface area contributed by atoms with E-state index in [1.54, 1.807) is 26.0 Å². The first-order chi connectivity index (χ1) is 16.5. The minimum atomic E-state index is -4.16. The molecule has 186 valence electrons. The molecule has 3 rings (SSSR count). The number of carbonyl (C=O) groups excluding carboxylic acids is 1. The largest absolute Gasteiger partial charge is 0.310 e. The number of hydrogen-bond acceptors (Lipinski definition) is 8. The Morgan fingerprint density at radius 3 is 2.31 bits per heavy atom. The van der Waals surface area contributed by atoms with Gasteiger partial charge in [0.1, 0.15) is 15.5 Å². The van der Waals surface area contributed by atoms with Crippen molar-refractivity contribution in [3.05, 3.63) is 70.0 Å². The molecule has 0 saturated carbocycles. The maximum Gasteiger partial charge on any atom is 0.289 e. The Morgan fingerprint density at radius 1 is 1.03 bits per heavy atom. The number of nitro groups is 1. The summed E-state index contributed by atoms with van der Waals surface area (Å²) in [5.41, 5.74) is 2.07. The van der Waals surface area contributed by atoms with Crippen LogP contribution >= 0.6 is 0 Å². The number of rotatable bonds is 10. The van der Waals surface area contributed by atoms with E-state index in [-0.39, 0.29) is 41.2 Å². The molecule has 2 heterocycles. The third kappa shape index (κ3) is 5.41. The van der Waals surface area contributed by atoms with E-state index in [1.165, 1.54) is 40.9 Å². The Labute approximate surface area is 202 Å². The molecule has 2 aromatic heterocycles. The molecule has 11 nitrogen and oxygen atoms in total. The van der Waals surface area contributed by atoms with Crippen molar-refractivity contribution >= 4 is 43.0 Å². The average molecular weight is 521 g/mol. The molecular formula is C22H24N4O7S2. The van der Waals surface area contributed by atoms with Crippen LogP contribution in [-0.4, -0.2) is 49.8 Å². The number of aromatic nitrogens is 1. The Balaban J connectivity index is 2.16. The second-order valence-corrected chi connectivity index (χ2v) is 11.7. The zero-order valence-corrected chi connectivity index (χ0v) is 20.7. The summed E-state index contributed by atoms with van der Waals surface area (Å²) in [6.07, 6.45) is 3.04. The van der Waals surface area contributed by atoms with Gasteiger partial charge in [0.05, 0.1) is 28.2 Å². The first-order valence-corrected chi connectivity index (χ1v) is 14.0. The first-order valence-electron chi connectivity index (χ1n) is 10.7. The van der Waals surface area contributed by atoms with Gasteiger partial charge in [-0.15, -0.1) is 0 Å². The third-order valence-corrected chi connectivity index (χ3v) is 9.07. The van der Waals surface area contributed by atoms with E-state index in [9.17, 15) is 31.7 Å². The lowest BCUT2D eigenvalue weighted by Gasteiger charge is -2.08. The van der Waals surface area contributed by atoms with Gasteiger partial charge in [0.2, 0.25) is 0 Å². The fraction of sp³-hybridized carbons (Fsp3) is 0.273. The predicted octanol–water partition coefficient (Wildman–Crippen LogP) is 2.98. The molecule has 3 aromatic rings. The zero-order valence-electron chi connectivity index (χ0n) is 19.0. The topological polar surface area (TPSA) is 157 Å². The van der Waals surface area contributed by atoms with Gasteiger partial charge >= 0.3 is 0 Å². The Morgan fingerprint density at radius 2 is 1.69 bits per heavy atom. The smallest absolute Gasteiger partial charge is 0.289 e. The molecule has 0 spiro atoms. The van der Waals surface area contributed by atoms with Crippen LogP contribution < -0.4 is 5.43 Å². The summed E-state index contributed by atoms with van der Waals surface area (Å²) in [7, 11) is -8.20. The molecule has 0 unspecified atom stereocenters. The lowest BCUT2D eigenvalue weighted by Crippen LogP contribution is -2.23. The highest BCUT2D eigenvalue weighted by Gasteiger charge is 2.36. The summed E-state index contributed by atoms with van der Waals surface area (Å²) >= 11 is 0. The van der Waals surface area contributed by atoms with Gasteiger partial charge < -0.3 is 4.40 Å². The van der Waals surface area contributed by atoms with Crippen molar-refractivity contribution in [2.24, 2.45) is 5.10 Å². The van der Waals surface area contributed by atoms with Crippen LogP contribution in [0, 0.1) is 10.1 Å². The fourth-order valence-corrected chi connectivity index (χ4v) is 7.62. The number of non-ortho nitro benzene ring substituents is 1. The molecule has 1 N–H and O–H groups in total. The van der Waals surface area contributed by atoms with Crippen molar-refractivity contribution in [3.63, 3.8) is 0 Å². The minimum absolute atomic E-state index is 0.0726. The molecular weight excluding hydrogens is 496 g/mol. The molecule has 0 bridgehead atoms. The van der Waals surface area contributed by atoms with Gasteiger partial charge in [-0.05, 0) is 25.0 Å². The van der Waals surface area contributed by atoms with Crippen LogP contribution in [0.2, 0.25) is 0 Å². The summed E-state index contributed by atoms with van der Waals surface area (Å²) in [4.78, 5) is 22.6. The van der Waals surface area contributed by atoms with Crippen LogP contribution in [0.25, 0.3) is 5.52 Å². The molecule has 0 radical (unpaired) electrons. The van der Waals surface area contributed by atoms with E-state index >= 15 is 0 Å². The Kier molecular flexibility index (Phi) is 7.70. The van der Waals surface area contributed by atoms with Crippen molar-refractivity contribution in [1.29, 1.82) is 0 Å². The quantitative estimate of drug-likeness (QED) is 0.244. The van der Waals surface area contributed by atoms with E-state index in [4.69, 9.17) is 0 Å². The van der Waals surface area contributed by atoms with E-state index in [0.717, 1.165) is 6.21 Å². The third-order valence-electron chi connectivity index (χ3n) is 5.00. The van der Waals surface area contributed by atoms with Crippen LogP contribution in [0.15, 0.2) is 63.6 Å². The van der Waals surface area contributed by atoms with Gasteiger partial charge in [-0.3, -0.25) is 14.9 Å². The molecule has 0 fully saturated rings. The average Bonchev–Trinajstić information content (AvgIpc) is 3.16. The number of hydrazone groups is 1. The molecule has 0 saturated heterocycles. The van der Waals surface area contributed by atoms with E-state index in [0.29, 0.717) is 5.56 Å². The number of nitrogens with zero attached hydrogens (tertiary/aromatic N) is 3. The van der Waals surface area contributed by atoms with E-state index in [2.05, 4.69) is 10.5 Å². The van der Waals surface area contributed by atoms with Crippen LogP contribution in [0.3, 0.4) is 0 Å². The maximum absolute atomic E-state index is 13.2. The number of nitrogens with one attached hydrogen (secondary N) is 1. The fourth-order valence-electron chi connectivity index (χ4n) is 3.64. The number of hydrogen-bond donors (Lipinski definition) is 1. The number of carbonyl (C=O) groups is 1. The van der Waals surface area contributed by atoms with Gasteiger partial charge in [-0.25, -0.2) is 22.3 Å². The summed E-state index contributed by atoms with van der Waals surface area (Å²) in [6, 6.07) is 10.1. The normalized spacial score (nSPS) is 12.3. The first kappa shape index (κ1) is 26.0. The molecule has 35 heavy (non-hydrogen) atoms. The van der Waals surface area contributed by atoms with Gasteiger partial charge in [0.15, 0.2) is 19.7 Å². The van der Waals surface area contributed by atoms with Crippen molar-refractivity contribution in [2.45, 2.75) is 36.5 Å². The van der Waals surface area contributed by atoms with Crippen molar-refractivity contribution in [2.75, 3.05) is 11.5 Å². The molecule has 1 amide bonds. The maximum atomic E-state index is 13.2. The van der Waals surface area contributed by atoms with Crippen LogP contribution in [0.5, 0.6) is 0 Å². The van der Waals surface area contributed by atoms with Gasteiger partial charge in [0, 0.05) is 23.9 Å². The van der Waals surface area contributed by atoms with Crippen molar-refractivity contribution in [1.82, 2.24) is 9.83 Å². The number of fused-ring (bicyclic) bond motifs is 1. The number of amides is 1. The second kappa shape index (κ2) is 10.4. The van der Waals surface area contributed by atoms with E-state index in [1.807, 2.05) is 0 Å². The summed E-state index contributed by atoms with van der Waals surface area (Å²) in [6.45, 7) is 3.29. The molecule has 0 aliphatic carbocycles. The second-order valence-electron chi connectivity index (χ2n) is 7.65. The van der Waals surface area contributed by atoms with Crippen molar-refractivity contribution in [3.8, 4) is 0 Å². The van der Waals surface area contributed by atoms with Crippen LogP contribution in [-0.2, 0) is 19.7 Å².